The van der Waals surface area contributed by atoms with E-state index in [1.54, 1.807) is 24.3 Å². The first kappa shape index (κ1) is 16.6. The van der Waals surface area contributed by atoms with E-state index in [9.17, 15) is 14.7 Å². The number of amides is 3. The van der Waals surface area contributed by atoms with Gasteiger partial charge in [0, 0.05) is 32.7 Å². The summed E-state index contributed by atoms with van der Waals surface area (Å²) in [5.41, 5.74) is 0.946. The van der Waals surface area contributed by atoms with Crippen molar-refractivity contribution >= 4 is 11.9 Å². The van der Waals surface area contributed by atoms with Crippen LogP contribution in [0.2, 0.25) is 0 Å². The van der Waals surface area contributed by atoms with Gasteiger partial charge in [-0.25, -0.2) is 4.79 Å². The Morgan fingerprint density at radius 1 is 1.04 bits per heavy atom. The molecule has 0 aromatic heterocycles. The Hall–Kier alpha value is -2.24. The molecule has 3 rings (SSSR count). The summed E-state index contributed by atoms with van der Waals surface area (Å²) < 4.78 is 0. The standard InChI is InChI=1S/C18H25N3O3/c22-16-7-5-14(6-8-16)12-19-17(23)15-4-3-11-21(13-15)18(24)20-9-1-2-10-20/h5-8,15,22H,1-4,9-13H2,(H,19,23)/t15-/m0/s1. The minimum Gasteiger partial charge on any atom is -0.508 e. The highest BCUT2D eigenvalue weighted by atomic mass is 16.3. The second-order valence-electron chi connectivity index (χ2n) is 6.65. The average molecular weight is 331 g/mol. The summed E-state index contributed by atoms with van der Waals surface area (Å²) in [4.78, 5) is 28.6. The molecule has 2 N–H and O–H groups in total. The van der Waals surface area contributed by atoms with Crippen molar-refractivity contribution in [1.29, 1.82) is 0 Å². The molecule has 130 valence electrons. The fourth-order valence-corrected chi connectivity index (χ4v) is 3.42. The molecule has 2 saturated heterocycles. The smallest absolute Gasteiger partial charge is 0.320 e. The van der Waals surface area contributed by atoms with Gasteiger partial charge in [-0.3, -0.25) is 4.79 Å². The Bertz CT molecular complexity index is 582. The molecule has 6 nitrogen and oxygen atoms in total. The summed E-state index contributed by atoms with van der Waals surface area (Å²) in [6, 6.07) is 6.89. The van der Waals surface area contributed by atoms with Crippen LogP contribution in [0.3, 0.4) is 0 Å². The van der Waals surface area contributed by atoms with Crippen molar-refractivity contribution < 1.29 is 14.7 Å². The lowest BCUT2D eigenvalue weighted by atomic mass is 9.97. The zero-order valence-electron chi connectivity index (χ0n) is 13.9. The van der Waals surface area contributed by atoms with E-state index >= 15 is 0 Å². The topological polar surface area (TPSA) is 72.9 Å². The maximum atomic E-state index is 12.5. The van der Waals surface area contributed by atoms with Crippen molar-refractivity contribution in [3.05, 3.63) is 29.8 Å². The quantitative estimate of drug-likeness (QED) is 0.889. The molecule has 1 aromatic rings. The Kier molecular flexibility index (Phi) is 5.23. The van der Waals surface area contributed by atoms with Gasteiger partial charge in [-0.15, -0.1) is 0 Å². The third-order valence-corrected chi connectivity index (χ3v) is 4.84. The second kappa shape index (κ2) is 7.55. The van der Waals surface area contributed by atoms with Crippen LogP contribution in [0.5, 0.6) is 5.75 Å². The van der Waals surface area contributed by atoms with E-state index in [1.165, 1.54) is 0 Å². The van der Waals surface area contributed by atoms with Crippen LogP contribution in [-0.2, 0) is 11.3 Å². The maximum absolute atomic E-state index is 12.5. The van der Waals surface area contributed by atoms with E-state index in [2.05, 4.69) is 5.32 Å². The molecule has 2 fully saturated rings. The van der Waals surface area contributed by atoms with Gasteiger partial charge in [0.25, 0.3) is 0 Å². The number of phenolic OH excluding ortho intramolecular Hbond substituents is 1. The zero-order valence-corrected chi connectivity index (χ0v) is 13.9. The Morgan fingerprint density at radius 2 is 1.71 bits per heavy atom. The highest BCUT2D eigenvalue weighted by Gasteiger charge is 2.31. The van der Waals surface area contributed by atoms with E-state index in [0.717, 1.165) is 50.9 Å². The van der Waals surface area contributed by atoms with Crippen LogP contribution in [0, 0.1) is 5.92 Å². The van der Waals surface area contributed by atoms with Crippen LogP contribution in [-0.4, -0.2) is 53.0 Å². The van der Waals surface area contributed by atoms with Crippen LogP contribution in [0.25, 0.3) is 0 Å². The van der Waals surface area contributed by atoms with Crippen LogP contribution < -0.4 is 5.32 Å². The number of piperidine rings is 1. The lowest BCUT2D eigenvalue weighted by molar-refractivity contribution is -0.126. The van der Waals surface area contributed by atoms with Crippen molar-refractivity contribution in [3.63, 3.8) is 0 Å². The average Bonchev–Trinajstić information content (AvgIpc) is 3.15. The fraction of sp³-hybridized carbons (Fsp3) is 0.556. The van der Waals surface area contributed by atoms with Crippen LogP contribution >= 0.6 is 0 Å². The van der Waals surface area contributed by atoms with Gasteiger partial charge in [0.05, 0.1) is 5.92 Å². The number of nitrogens with one attached hydrogen (secondary N) is 1. The van der Waals surface area contributed by atoms with Crippen molar-refractivity contribution in [2.45, 2.75) is 32.2 Å². The van der Waals surface area contributed by atoms with E-state index in [4.69, 9.17) is 0 Å². The number of hydrogen-bond donors (Lipinski definition) is 2. The second-order valence-corrected chi connectivity index (χ2v) is 6.65. The Labute approximate surface area is 142 Å². The van der Waals surface area contributed by atoms with E-state index in [1.807, 2.05) is 9.80 Å². The molecule has 24 heavy (non-hydrogen) atoms. The molecule has 2 heterocycles. The van der Waals surface area contributed by atoms with Gasteiger partial charge in [0.2, 0.25) is 5.91 Å². The predicted octanol–water partition coefficient (Wildman–Crippen LogP) is 1.94. The van der Waals surface area contributed by atoms with E-state index in [0.29, 0.717) is 13.1 Å². The summed E-state index contributed by atoms with van der Waals surface area (Å²) in [7, 11) is 0. The summed E-state index contributed by atoms with van der Waals surface area (Å²) in [6.07, 6.45) is 3.86. The van der Waals surface area contributed by atoms with Gasteiger partial charge >= 0.3 is 6.03 Å². The molecule has 0 unspecified atom stereocenters. The Balaban J connectivity index is 1.51. The lowest BCUT2D eigenvalue weighted by Crippen LogP contribution is -2.49. The van der Waals surface area contributed by atoms with Crippen molar-refractivity contribution in [1.82, 2.24) is 15.1 Å². The van der Waals surface area contributed by atoms with Crippen molar-refractivity contribution in [2.75, 3.05) is 26.2 Å². The highest BCUT2D eigenvalue weighted by Crippen LogP contribution is 2.20. The molecule has 0 spiro atoms. The molecule has 2 aliphatic rings. The summed E-state index contributed by atoms with van der Waals surface area (Å²) in [5, 5.41) is 12.2. The molecule has 3 amide bonds. The number of benzene rings is 1. The predicted molar refractivity (Wildman–Crippen MR) is 90.5 cm³/mol. The highest BCUT2D eigenvalue weighted by molar-refractivity contribution is 5.81. The molecular weight excluding hydrogens is 306 g/mol. The fourth-order valence-electron chi connectivity index (χ4n) is 3.42. The molecule has 6 heteroatoms. The van der Waals surface area contributed by atoms with Crippen molar-refractivity contribution in [2.24, 2.45) is 5.92 Å². The molecule has 0 radical (unpaired) electrons. The molecule has 0 aliphatic carbocycles. The number of nitrogens with zero attached hydrogens (tertiary/aromatic N) is 2. The minimum absolute atomic E-state index is 0.00185. The Morgan fingerprint density at radius 3 is 2.42 bits per heavy atom. The summed E-state index contributed by atoms with van der Waals surface area (Å²) in [6.45, 7) is 3.38. The largest absolute Gasteiger partial charge is 0.508 e. The molecule has 0 saturated carbocycles. The summed E-state index contributed by atoms with van der Waals surface area (Å²) >= 11 is 0. The van der Waals surface area contributed by atoms with E-state index < -0.39 is 0 Å². The number of carbonyl (C=O) groups excluding carboxylic acids is 2. The number of aromatic hydroxyl groups is 1. The molecule has 1 aromatic carbocycles. The number of urea groups is 1. The van der Waals surface area contributed by atoms with E-state index in [-0.39, 0.29) is 23.6 Å². The number of hydrogen-bond acceptors (Lipinski definition) is 3. The molecule has 1 atom stereocenters. The van der Waals surface area contributed by atoms with Gasteiger partial charge in [0.1, 0.15) is 5.75 Å². The molecular formula is C18H25N3O3. The number of phenols is 1. The number of carbonyl (C=O) groups is 2. The molecule has 0 bridgehead atoms. The third kappa shape index (κ3) is 3.99. The van der Waals surface area contributed by atoms with Crippen molar-refractivity contribution in [3.8, 4) is 5.75 Å². The van der Waals surface area contributed by atoms with Gasteiger partial charge in [0.15, 0.2) is 0 Å². The number of likely N-dealkylation sites (tertiary alicyclic amines) is 2. The minimum atomic E-state index is -0.137. The maximum Gasteiger partial charge on any atom is 0.320 e. The monoisotopic (exact) mass is 331 g/mol. The SMILES string of the molecule is O=C(NCc1ccc(O)cc1)[C@H]1CCCN(C(=O)N2CCCC2)C1. The van der Waals surface area contributed by atoms with Gasteiger partial charge in [-0.1, -0.05) is 12.1 Å². The van der Waals surface area contributed by atoms with Gasteiger partial charge < -0.3 is 20.2 Å². The van der Waals surface area contributed by atoms with Gasteiger partial charge in [-0.2, -0.15) is 0 Å². The zero-order chi connectivity index (χ0) is 16.9. The summed E-state index contributed by atoms with van der Waals surface area (Å²) in [5.74, 6) is 0.0813. The van der Waals surface area contributed by atoms with Crippen LogP contribution in [0.4, 0.5) is 4.79 Å². The molecule has 2 aliphatic heterocycles. The number of rotatable bonds is 3. The van der Waals surface area contributed by atoms with Gasteiger partial charge in [-0.05, 0) is 43.4 Å². The first-order chi connectivity index (χ1) is 11.6. The lowest BCUT2D eigenvalue weighted by Gasteiger charge is -2.34. The third-order valence-electron chi connectivity index (χ3n) is 4.84. The first-order valence-electron chi connectivity index (χ1n) is 8.73. The first-order valence-corrected chi connectivity index (χ1v) is 8.73. The van der Waals surface area contributed by atoms with Crippen LogP contribution in [0.15, 0.2) is 24.3 Å². The normalized spacial score (nSPS) is 20.9. The van der Waals surface area contributed by atoms with Crippen LogP contribution in [0.1, 0.15) is 31.2 Å².